The van der Waals surface area contributed by atoms with Crippen LogP contribution in [0.15, 0.2) is 58.2 Å². The SMILES string of the molecule is C[C@H](Sc1nnc(Cc2ccccc2)o1)C(=O)Nc1ccc2c(c1)CCC2. The van der Waals surface area contributed by atoms with Gasteiger partial charge >= 0.3 is 0 Å². The van der Waals surface area contributed by atoms with Gasteiger partial charge < -0.3 is 9.73 Å². The fourth-order valence-corrected chi connectivity index (χ4v) is 3.93. The molecule has 6 heteroatoms. The summed E-state index contributed by atoms with van der Waals surface area (Å²) in [5.74, 6) is 0.482. The van der Waals surface area contributed by atoms with E-state index in [-0.39, 0.29) is 11.2 Å². The molecule has 1 heterocycles. The number of carbonyl (C=O) groups is 1. The Balaban J connectivity index is 1.34. The van der Waals surface area contributed by atoms with Crippen LogP contribution in [0.1, 0.15) is 35.9 Å². The Morgan fingerprint density at radius 2 is 1.96 bits per heavy atom. The predicted molar refractivity (Wildman–Crippen MR) is 106 cm³/mol. The molecule has 3 aromatic rings. The number of aromatic nitrogens is 2. The van der Waals surface area contributed by atoms with Gasteiger partial charge in [-0.2, -0.15) is 0 Å². The van der Waals surface area contributed by atoms with Crippen LogP contribution in [0, 0.1) is 0 Å². The lowest BCUT2D eigenvalue weighted by atomic mass is 10.1. The van der Waals surface area contributed by atoms with Gasteiger partial charge in [0.05, 0.1) is 11.7 Å². The number of amides is 1. The van der Waals surface area contributed by atoms with Crippen molar-refractivity contribution in [3.05, 3.63) is 71.1 Å². The van der Waals surface area contributed by atoms with Crippen LogP contribution in [-0.2, 0) is 24.1 Å². The summed E-state index contributed by atoms with van der Waals surface area (Å²) in [6, 6.07) is 16.1. The molecule has 0 unspecified atom stereocenters. The molecule has 1 atom stereocenters. The first kappa shape index (κ1) is 17.8. The normalized spacial score (nSPS) is 14.0. The highest BCUT2D eigenvalue weighted by molar-refractivity contribution is 8.00. The lowest BCUT2D eigenvalue weighted by Crippen LogP contribution is -2.22. The van der Waals surface area contributed by atoms with Gasteiger partial charge in [0, 0.05) is 5.69 Å². The quantitative estimate of drug-likeness (QED) is 0.648. The number of benzene rings is 2. The van der Waals surface area contributed by atoms with Gasteiger partial charge in [-0.05, 0) is 55.0 Å². The van der Waals surface area contributed by atoms with Gasteiger partial charge in [-0.25, -0.2) is 0 Å². The van der Waals surface area contributed by atoms with Crippen LogP contribution >= 0.6 is 11.8 Å². The molecule has 0 spiro atoms. The van der Waals surface area contributed by atoms with Gasteiger partial charge in [0.1, 0.15) is 0 Å². The minimum Gasteiger partial charge on any atom is -0.416 e. The topological polar surface area (TPSA) is 68.0 Å². The smallest absolute Gasteiger partial charge is 0.277 e. The average molecular weight is 379 g/mol. The van der Waals surface area contributed by atoms with Crippen molar-refractivity contribution in [1.29, 1.82) is 0 Å². The summed E-state index contributed by atoms with van der Waals surface area (Å²) in [5.41, 5.74) is 4.70. The maximum Gasteiger partial charge on any atom is 0.277 e. The van der Waals surface area contributed by atoms with E-state index >= 15 is 0 Å². The predicted octanol–water partition coefficient (Wildman–Crippen LogP) is 4.27. The number of hydrogen-bond acceptors (Lipinski definition) is 5. The van der Waals surface area contributed by atoms with Crippen molar-refractivity contribution in [2.75, 3.05) is 5.32 Å². The monoisotopic (exact) mass is 379 g/mol. The highest BCUT2D eigenvalue weighted by Gasteiger charge is 2.19. The minimum atomic E-state index is -0.330. The maximum atomic E-state index is 12.5. The van der Waals surface area contributed by atoms with Crippen LogP contribution in [0.4, 0.5) is 5.69 Å². The van der Waals surface area contributed by atoms with Gasteiger partial charge in [0.15, 0.2) is 0 Å². The highest BCUT2D eigenvalue weighted by Crippen LogP contribution is 2.27. The van der Waals surface area contributed by atoms with Crippen molar-refractivity contribution in [2.24, 2.45) is 0 Å². The first-order chi connectivity index (χ1) is 13.2. The van der Waals surface area contributed by atoms with Crippen LogP contribution < -0.4 is 5.32 Å². The molecule has 0 aliphatic heterocycles. The number of nitrogens with zero attached hydrogens (tertiary/aromatic N) is 2. The number of hydrogen-bond donors (Lipinski definition) is 1. The Bertz CT molecular complexity index is 940. The van der Waals surface area contributed by atoms with Crippen LogP contribution in [0.25, 0.3) is 0 Å². The summed E-state index contributed by atoms with van der Waals surface area (Å²) >= 11 is 1.28. The summed E-state index contributed by atoms with van der Waals surface area (Å²) in [6.07, 6.45) is 4.01. The van der Waals surface area contributed by atoms with Crippen molar-refractivity contribution in [3.8, 4) is 0 Å². The zero-order valence-corrected chi connectivity index (χ0v) is 16.0. The van der Waals surface area contributed by atoms with E-state index in [1.807, 2.05) is 43.3 Å². The summed E-state index contributed by atoms with van der Waals surface area (Å²) in [6.45, 7) is 1.84. The molecule has 0 fully saturated rings. The standard InChI is InChI=1S/C21H21N3O2S/c1-14(20(25)22-18-11-10-16-8-5-9-17(16)13-18)27-21-24-23-19(26-21)12-15-6-3-2-4-7-15/h2-4,6-7,10-11,13-14H,5,8-9,12H2,1H3,(H,22,25)/t14-/m0/s1. The third kappa shape index (κ3) is 4.39. The number of rotatable bonds is 6. The maximum absolute atomic E-state index is 12.5. The van der Waals surface area contributed by atoms with E-state index < -0.39 is 0 Å². The summed E-state index contributed by atoms with van der Waals surface area (Å²) in [5, 5.41) is 11.2. The number of nitrogens with one attached hydrogen (secondary N) is 1. The first-order valence-corrected chi connectivity index (χ1v) is 10.0. The fourth-order valence-electron chi connectivity index (χ4n) is 3.23. The average Bonchev–Trinajstić information content (AvgIpc) is 3.31. The molecule has 5 nitrogen and oxygen atoms in total. The Morgan fingerprint density at radius 1 is 1.15 bits per heavy atom. The molecule has 4 rings (SSSR count). The molecule has 138 valence electrons. The molecule has 0 saturated heterocycles. The van der Waals surface area contributed by atoms with E-state index in [1.165, 1.54) is 29.3 Å². The van der Waals surface area contributed by atoms with Crippen LogP contribution in [0.5, 0.6) is 0 Å². The van der Waals surface area contributed by atoms with Gasteiger partial charge in [-0.3, -0.25) is 4.79 Å². The van der Waals surface area contributed by atoms with E-state index in [2.05, 4.69) is 27.6 Å². The Kier molecular flexibility index (Phi) is 5.25. The van der Waals surface area contributed by atoms with Crippen molar-refractivity contribution < 1.29 is 9.21 Å². The van der Waals surface area contributed by atoms with E-state index in [0.717, 1.165) is 24.1 Å². The second-order valence-electron chi connectivity index (χ2n) is 6.71. The van der Waals surface area contributed by atoms with Gasteiger partial charge in [0.2, 0.25) is 11.8 Å². The van der Waals surface area contributed by atoms with E-state index in [4.69, 9.17) is 4.42 Å². The molecule has 1 aromatic heterocycles. The molecule has 0 radical (unpaired) electrons. The largest absolute Gasteiger partial charge is 0.416 e. The molecule has 0 bridgehead atoms. The number of thioether (sulfide) groups is 1. The zero-order chi connectivity index (χ0) is 18.6. The molecule has 1 amide bonds. The number of anilines is 1. The number of fused-ring (bicyclic) bond motifs is 1. The number of aryl methyl sites for hydroxylation is 2. The molecular formula is C21H21N3O2S. The second-order valence-corrected chi connectivity index (χ2v) is 8.00. The fraction of sp³-hybridized carbons (Fsp3) is 0.286. The lowest BCUT2D eigenvalue weighted by molar-refractivity contribution is -0.115. The van der Waals surface area contributed by atoms with Crippen molar-refractivity contribution in [2.45, 2.75) is 43.1 Å². The van der Waals surface area contributed by atoms with Crippen molar-refractivity contribution >= 4 is 23.4 Å². The zero-order valence-electron chi connectivity index (χ0n) is 15.1. The van der Waals surface area contributed by atoms with Crippen molar-refractivity contribution in [1.82, 2.24) is 10.2 Å². The van der Waals surface area contributed by atoms with E-state index in [0.29, 0.717) is 17.5 Å². The Hall–Kier alpha value is -2.60. The molecule has 0 saturated carbocycles. The Morgan fingerprint density at radius 3 is 2.81 bits per heavy atom. The lowest BCUT2D eigenvalue weighted by Gasteiger charge is -2.11. The van der Waals surface area contributed by atoms with Gasteiger partial charge in [-0.15, -0.1) is 10.2 Å². The number of carbonyl (C=O) groups excluding carboxylic acids is 1. The van der Waals surface area contributed by atoms with Crippen LogP contribution in [0.2, 0.25) is 0 Å². The van der Waals surface area contributed by atoms with E-state index in [1.54, 1.807) is 0 Å². The molecule has 27 heavy (non-hydrogen) atoms. The highest BCUT2D eigenvalue weighted by atomic mass is 32.2. The van der Waals surface area contributed by atoms with Crippen LogP contribution in [0.3, 0.4) is 0 Å². The molecule has 2 aromatic carbocycles. The van der Waals surface area contributed by atoms with Crippen molar-refractivity contribution in [3.63, 3.8) is 0 Å². The molecular weight excluding hydrogens is 358 g/mol. The first-order valence-electron chi connectivity index (χ1n) is 9.13. The van der Waals surface area contributed by atoms with Gasteiger partial charge in [0.25, 0.3) is 5.22 Å². The molecule has 1 aliphatic rings. The third-order valence-electron chi connectivity index (χ3n) is 4.66. The summed E-state index contributed by atoms with van der Waals surface area (Å²) < 4.78 is 5.68. The summed E-state index contributed by atoms with van der Waals surface area (Å²) in [4.78, 5) is 12.5. The second kappa shape index (κ2) is 7.96. The van der Waals surface area contributed by atoms with E-state index in [9.17, 15) is 4.79 Å². The molecule has 1 aliphatic carbocycles. The molecule has 1 N–H and O–H groups in total. The minimum absolute atomic E-state index is 0.0687. The van der Waals surface area contributed by atoms with Gasteiger partial charge in [-0.1, -0.05) is 48.2 Å². The Labute approximate surface area is 162 Å². The third-order valence-corrected chi connectivity index (χ3v) is 5.59. The summed E-state index contributed by atoms with van der Waals surface area (Å²) in [7, 11) is 0. The van der Waals surface area contributed by atoms with Crippen LogP contribution in [-0.4, -0.2) is 21.4 Å².